The Hall–Kier alpha value is -0.570. The fourth-order valence-electron chi connectivity index (χ4n) is 3.46. The van der Waals surface area contributed by atoms with Crippen LogP contribution in [0.2, 0.25) is 0 Å². The topological polar surface area (TPSA) is 38.9 Å². The highest BCUT2D eigenvalue weighted by atomic mass is 32.1. The average molecular weight is 252 g/mol. The van der Waals surface area contributed by atoms with E-state index in [1.54, 1.807) is 11.3 Å². The number of nitrogens with two attached hydrogens (primary N) is 1. The molecule has 1 aliphatic rings. The van der Waals surface area contributed by atoms with Crippen molar-refractivity contribution < 1.29 is 0 Å². The van der Waals surface area contributed by atoms with Crippen LogP contribution in [0.5, 0.6) is 0 Å². The van der Waals surface area contributed by atoms with Gasteiger partial charge in [-0.05, 0) is 36.0 Å². The van der Waals surface area contributed by atoms with Crippen molar-refractivity contribution in [1.82, 2.24) is 4.98 Å². The van der Waals surface area contributed by atoms with Crippen LogP contribution < -0.4 is 5.73 Å². The van der Waals surface area contributed by atoms with E-state index >= 15 is 0 Å². The van der Waals surface area contributed by atoms with E-state index in [0.29, 0.717) is 16.7 Å². The Morgan fingerprint density at radius 3 is 2.53 bits per heavy atom. The first-order valence-electron chi connectivity index (χ1n) is 6.50. The van der Waals surface area contributed by atoms with Gasteiger partial charge in [-0.2, -0.15) is 0 Å². The summed E-state index contributed by atoms with van der Waals surface area (Å²) in [7, 11) is 0. The highest BCUT2D eigenvalue weighted by molar-refractivity contribution is 7.15. The number of nitrogen functional groups attached to an aromatic ring is 1. The zero-order chi connectivity index (χ0) is 12.8. The zero-order valence-corrected chi connectivity index (χ0v) is 12.4. The van der Waals surface area contributed by atoms with Crippen LogP contribution in [0, 0.1) is 16.7 Å². The van der Waals surface area contributed by atoms with Crippen LogP contribution in [0.4, 0.5) is 5.13 Å². The van der Waals surface area contributed by atoms with E-state index in [1.807, 2.05) is 0 Å². The summed E-state index contributed by atoms with van der Waals surface area (Å²) in [6.07, 6.45) is 3.51. The largest absolute Gasteiger partial charge is 0.375 e. The predicted molar refractivity (Wildman–Crippen MR) is 75.3 cm³/mol. The standard InChI is InChI=1S/C14H24N2S/c1-9(2)14(13(3,4)5)7-6-11-10(8-14)16-12(15)17-11/h9H,6-8H2,1-5H3,(H2,15,16). The van der Waals surface area contributed by atoms with Crippen molar-refractivity contribution in [1.29, 1.82) is 0 Å². The lowest BCUT2D eigenvalue weighted by Crippen LogP contribution is -2.44. The normalized spacial score (nSPS) is 25.1. The average Bonchev–Trinajstić information content (AvgIpc) is 2.53. The maximum absolute atomic E-state index is 5.84. The minimum absolute atomic E-state index is 0.317. The van der Waals surface area contributed by atoms with Crippen LogP contribution in [-0.2, 0) is 12.8 Å². The minimum Gasteiger partial charge on any atom is -0.375 e. The number of aryl methyl sites for hydroxylation is 1. The third kappa shape index (κ3) is 1.99. The molecule has 0 amide bonds. The lowest BCUT2D eigenvalue weighted by atomic mass is 9.55. The van der Waals surface area contributed by atoms with Crippen LogP contribution in [0.15, 0.2) is 0 Å². The van der Waals surface area contributed by atoms with E-state index in [9.17, 15) is 0 Å². The Balaban J connectivity index is 2.41. The minimum atomic E-state index is 0.317. The van der Waals surface area contributed by atoms with Gasteiger partial charge in [-0.15, -0.1) is 11.3 Å². The van der Waals surface area contributed by atoms with E-state index in [1.165, 1.54) is 17.0 Å². The third-order valence-electron chi connectivity index (χ3n) is 4.67. The second-order valence-electron chi connectivity index (χ2n) is 6.66. The highest BCUT2D eigenvalue weighted by Crippen LogP contribution is 2.53. The van der Waals surface area contributed by atoms with Crippen molar-refractivity contribution in [3.8, 4) is 0 Å². The lowest BCUT2D eigenvalue weighted by molar-refractivity contribution is 0.0144. The van der Waals surface area contributed by atoms with E-state index in [4.69, 9.17) is 5.73 Å². The van der Waals surface area contributed by atoms with Gasteiger partial charge >= 0.3 is 0 Å². The molecular formula is C14H24N2S. The summed E-state index contributed by atoms with van der Waals surface area (Å²) >= 11 is 1.68. The molecule has 17 heavy (non-hydrogen) atoms. The Labute approximate surface area is 109 Å². The summed E-state index contributed by atoms with van der Waals surface area (Å²) in [5.41, 5.74) is 7.78. The van der Waals surface area contributed by atoms with Gasteiger partial charge in [0.05, 0.1) is 5.69 Å². The summed E-state index contributed by atoms with van der Waals surface area (Å²) in [5.74, 6) is 0.679. The summed E-state index contributed by atoms with van der Waals surface area (Å²) in [6, 6.07) is 0. The lowest BCUT2D eigenvalue weighted by Gasteiger charge is -2.50. The molecular weight excluding hydrogens is 228 g/mol. The predicted octanol–water partition coefficient (Wildman–Crippen LogP) is 3.90. The van der Waals surface area contributed by atoms with Crippen LogP contribution >= 0.6 is 11.3 Å². The van der Waals surface area contributed by atoms with E-state index in [0.717, 1.165) is 18.0 Å². The van der Waals surface area contributed by atoms with Gasteiger partial charge in [0.1, 0.15) is 0 Å². The van der Waals surface area contributed by atoms with Gasteiger partial charge in [-0.1, -0.05) is 34.6 Å². The fourth-order valence-corrected chi connectivity index (χ4v) is 4.31. The molecule has 0 bridgehead atoms. The maximum Gasteiger partial charge on any atom is 0.180 e. The number of rotatable bonds is 1. The summed E-state index contributed by atoms with van der Waals surface area (Å²) in [6.45, 7) is 11.8. The van der Waals surface area contributed by atoms with Crippen molar-refractivity contribution in [3.63, 3.8) is 0 Å². The van der Waals surface area contributed by atoms with Crippen molar-refractivity contribution in [3.05, 3.63) is 10.6 Å². The molecule has 0 saturated heterocycles. The van der Waals surface area contributed by atoms with Crippen molar-refractivity contribution in [2.24, 2.45) is 16.7 Å². The van der Waals surface area contributed by atoms with Gasteiger partial charge in [-0.3, -0.25) is 0 Å². The van der Waals surface area contributed by atoms with Crippen molar-refractivity contribution >= 4 is 16.5 Å². The summed E-state index contributed by atoms with van der Waals surface area (Å²) < 4.78 is 0. The molecule has 0 aliphatic heterocycles. The molecule has 1 aliphatic carbocycles. The quantitative estimate of drug-likeness (QED) is 0.823. The molecule has 1 heterocycles. The van der Waals surface area contributed by atoms with Gasteiger partial charge in [0.25, 0.3) is 0 Å². The van der Waals surface area contributed by atoms with E-state index in [2.05, 4.69) is 39.6 Å². The second kappa shape index (κ2) is 3.98. The van der Waals surface area contributed by atoms with Gasteiger partial charge < -0.3 is 5.73 Å². The van der Waals surface area contributed by atoms with Crippen LogP contribution in [0.3, 0.4) is 0 Å². The molecule has 2 rings (SSSR count). The highest BCUT2D eigenvalue weighted by Gasteiger charge is 2.47. The van der Waals surface area contributed by atoms with Gasteiger partial charge in [0, 0.05) is 4.88 Å². The number of aromatic nitrogens is 1. The monoisotopic (exact) mass is 252 g/mol. The summed E-state index contributed by atoms with van der Waals surface area (Å²) in [4.78, 5) is 5.96. The number of fused-ring (bicyclic) bond motifs is 1. The Morgan fingerprint density at radius 2 is 2.00 bits per heavy atom. The SMILES string of the molecule is CC(C)C1(C(C)(C)C)CCc2sc(N)nc2C1. The van der Waals surface area contributed by atoms with Crippen LogP contribution in [0.1, 0.15) is 51.6 Å². The molecule has 0 spiro atoms. The zero-order valence-electron chi connectivity index (χ0n) is 11.6. The molecule has 0 aromatic carbocycles. The molecule has 0 fully saturated rings. The Morgan fingerprint density at radius 1 is 1.35 bits per heavy atom. The molecule has 2 nitrogen and oxygen atoms in total. The first kappa shape index (κ1) is 12.9. The van der Waals surface area contributed by atoms with Gasteiger partial charge in [0.2, 0.25) is 0 Å². The summed E-state index contributed by atoms with van der Waals surface area (Å²) in [5, 5.41) is 0.739. The second-order valence-corrected chi connectivity index (χ2v) is 7.77. The molecule has 0 saturated carbocycles. The molecule has 1 aromatic heterocycles. The smallest absolute Gasteiger partial charge is 0.180 e. The molecule has 1 unspecified atom stereocenters. The number of nitrogens with zero attached hydrogens (tertiary/aromatic N) is 1. The van der Waals surface area contributed by atoms with E-state index in [-0.39, 0.29) is 0 Å². The van der Waals surface area contributed by atoms with Crippen molar-refractivity contribution in [2.75, 3.05) is 5.73 Å². The maximum atomic E-state index is 5.84. The molecule has 1 aromatic rings. The number of hydrogen-bond acceptors (Lipinski definition) is 3. The van der Waals surface area contributed by atoms with E-state index < -0.39 is 0 Å². The van der Waals surface area contributed by atoms with Crippen molar-refractivity contribution in [2.45, 2.75) is 53.9 Å². The number of hydrogen-bond donors (Lipinski definition) is 1. The Bertz CT molecular complexity index is 414. The number of thiazole rings is 1. The fraction of sp³-hybridized carbons (Fsp3) is 0.786. The van der Waals surface area contributed by atoms with Gasteiger partial charge in [0.15, 0.2) is 5.13 Å². The van der Waals surface area contributed by atoms with Crippen LogP contribution in [-0.4, -0.2) is 4.98 Å². The third-order valence-corrected chi connectivity index (χ3v) is 5.66. The molecule has 1 atom stereocenters. The molecule has 0 radical (unpaired) electrons. The Kier molecular flexibility index (Phi) is 3.01. The molecule has 96 valence electrons. The molecule has 2 N–H and O–H groups in total. The van der Waals surface area contributed by atoms with Gasteiger partial charge in [-0.25, -0.2) is 4.98 Å². The first-order chi connectivity index (χ1) is 7.76. The van der Waals surface area contributed by atoms with Crippen LogP contribution in [0.25, 0.3) is 0 Å². The first-order valence-corrected chi connectivity index (χ1v) is 7.32. The molecule has 3 heteroatoms. The number of anilines is 1.